The third-order valence-electron chi connectivity index (χ3n) is 5.23. The molecule has 33 heavy (non-hydrogen) atoms. The minimum absolute atomic E-state index is 0.0128. The fourth-order valence-corrected chi connectivity index (χ4v) is 3.56. The molecule has 176 valence electrons. The van der Waals surface area contributed by atoms with Crippen molar-refractivity contribution in [2.24, 2.45) is 5.92 Å². The highest BCUT2D eigenvalue weighted by Crippen LogP contribution is 2.26. The van der Waals surface area contributed by atoms with Gasteiger partial charge < -0.3 is 10.3 Å². The molecule has 0 spiro atoms. The molecule has 1 amide bonds. The number of halogens is 1. The standard InChI is InChI=1S/C23H28ClN5O4/c1-4-5-10-29-20(25)19(21(30)26-23(29)32)28(11-9-14(2)3)22(31)17-13-18(33-27-17)15-7-6-8-16(24)12-15/h6-8,12-14H,4-5,9-11,25H2,1-3H3,(H,26,30,32). The molecule has 0 fully saturated rings. The Morgan fingerprint density at radius 1 is 1.30 bits per heavy atom. The van der Waals surface area contributed by atoms with Crippen molar-refractivity contribution in [1.82, 2.24) is 14.7 Å². The van der Waals surface area contributed by atoms with Crippen LogP contribution in [0.25, 0.3) is 11.3 Å². The summed E-state index contributed by atoms with van der Waals surface area (Å²) in [6.07, 6.45) is 2.14. The van der Waals surface area contributed by atoms with Crippen LogP contribution >= 0.6 is 11.6 Å². The van der Waals surface area contributed by atoms with Gasteiger partial charge >= 0.3 is 5.69 Å². The van der Waals surface area contributed by atoms with Crippen molar-refractivity contribution in [2.45, 2.75) is 46.6 Å². The third kappa shape index (κ3) is 5.54. The Labute approximate surface area is 196 Å². The van der Waals surface area contributed by atoms with Gasteiger partial charge in [0.05, 0.1) is 0 Å². The molecule has 0 saturated heterocycles. The zero-order chi connectivity index (χ0) is 24.1. The predicted molar refractivity (Wildman–Crippen MR) is 129 cm³/mol. The molecule has 9 nitrogen and oxygen atoms in total. The van der Waals surface area contributed by atoms with Crippen molar-refractivity contribution in [3.8, 4) is 11.3 Å². The number of H-pyrrole nitrogens is 1. The summed E-state index contributed by atoms with van der Waals surface area (Å²) in [4.78, 5) is 42.1. The molecule has 0 saturated carbocycles. The van der Waals surface area contributed by atoms with Gasteiger partial charge in [-0.2, -0.15) is 0 Å². The van der Waals surface area contributed by atoms with Crippen molar-refractivity contribution in [2.75, 3.05) is 17.2 Å². The summed E-state index contributed by atoms with van der Waals surface area (Å²) >= 11 is 6.05. The number of amides is 1. The first-order chi connectivity index (χ1) is 15.7. The second-order valence-corrected chi connectivity index (χ2v) is 8.66. The van der Waals surface area contributed by atoms with Crippen LogP contribution < -0.4 is 21.9 Å². The van der Waals surface area contributed by atoms with Crippen LogP contribution in [0, 0.1) is 5.92 Å². The summed E-state index contributed by atoms with van der Waals surface area (Å²) in [7, 11) is 0. The molecule has 0 aliphatic heterocycles. The van der Waals surface area contributed by atoms with E-state index < -0.39 is 17.2 Å². The number of carbonyl (C=O) groups excluding carboxylic acids is 1. The number of nitrogens with zero attached hydrogens (tertiary/aromatic N) is 3. The number of carbonyl (C=O) groups is 1. The number of nitrogen functional groups attached to an aromatic ring is 1. The van der Waals surface area contributed by atoms with Crippen LogP contribution in [0.1, 0.15) is 50.5 Å². The van der Waals surface area contributed by atoms with Gasteiger partial charge in [0.1, 0.15) is 5.82 Å². The maximum atomic E-state index is 13.5. The Balaban J connectivity index is 2.05. The number of hydrogen-bond donors (Lipinski definition) is 2. The van der Waals surface area contributed by atoms with Crippen LogP contribution in [0.4, 0.5) is 11.5 Å². The summed E-state index contributed by atoms with van der Waals surface area (Å²) in [6, 6.07) is 8.45. The van der Waals surface area contributed by atoms with Gasteiger partial charge in [0.15, 0.2) is 17.1 Å². The first-order valence-electron chi connectivity index (χ1n) is 10.9. The van der Waals surface area contributed by atoms with Gasteiger partial charge in [0.2, 0.25) is 0 Å². The summed E-state index contributed by atoms with van der Waals surface area (Å²) in [6.45, 7) is 6.54. The first kappa shape index (κ1) is 24.3. The molecule has 0 unspecified atom stereocenters. The number of hydrogen-bond acceptors (Lipinski definition) is 6. The Hall–Kier alpha value is -3.33. The van der Waals surface area contributed by atoms with E-state index in [1.807, 2.05) is 20.8 Å². The highest BCUT2D eigenvalue weighted by Gasteiger charge is 2.27. The van der Waals surface area contributed by atoms with E-state index in [0.717, 1.165) is 6.42 Å². The molecule has 0 radical (unpaired) electrons. The van der Waals surface area contributed by atoms with E-state index in [9.17, 15) is 14.4 Å². The number of unbranched alkanes of at least 4 members (excludes halogenated alkanes) is 1. The van der Waals surface area contributed by atoms with Crippen LogP contribution in [0.15, 0.2) is 44.4 Å². The van der Waals surface area contributed by atoms with Gasteiger partial charge in [0, 0.05) is 29.7 Å². The number of anilines is 2. The van der Waals surface area contributed by atoms with Crippen molar-refractivity contribution >= 4 is 29.0 Å². The van der Waals surface area contributed by atoms with Crippen LogP contribution in [0.3, 0.4) is 0 Å². The average molecular weight is 474 g/mol. The first-order valence-corrected chi connectivity index (χ1v) is 11.3. The smallest absolute Gasteiger partial charge is 0.330 e. The fraction of sp³-hybridized carbons (Fsp3) is 0.391. The molecule has 10 heteroatoms. The molecule has 3 aromatic rings. The average Bonchev–Trinajstić information content (AvgIpc) is 3.25. The summed E-state index contributed by atoms with van der Waals surface area (Å²) in [5.41, 5.74) is 5.54. The van der Waals surface area contributed by atoms with Crippen molar-refractivity contribution in [3.63, 3.8) is 0 Å². The van der Waals surface area contributed by atoms with E-state index in [0.29, 0.717) is 35.7 Å². The van der Waals surface area contributed by atoms with Gasteiger partial charge in [-0.25, -0.2) is 4.79 Å². The molecule has 2 aromatic heterocycles. The van der Waals surface area contributed by atoms with Gasteiger partial charge in [-0.05, 0) is 30.9 Å². The van der Waals surface area contributed by atoms with Crippen molar-refractivity contribution in [1.29, 1.82) is 0 Å². The van der Waals surface area contributed by atoms with E-state index >= 15 is 0 Å². The minimum Gasteiger partial charge on any atom is -0.383 e. The summed E-state index contributed by atoms with van der Waals surface area (Å²) in [5.74, 6) is 0.0174. The molecule has 0 aliphatic rings. The normalized spacial score (nSPS) is 11.2. The van der Waals surface area contributed by atoms with Gasteiger partial charge in [0.25, 0.3) is 11.5 Å². The molecule has 2 heterocycles. The van der Waals surface area contributed by atoms with Crippen LogP contribution in [-0.4, -0.2) is 27.2 Å². The number of rotatable bonds is 9. The van der Waals surface area contributed by atoms with Crippen LogP contribution in [-0.2, 0) is 6.54 Å². The number of benzene rings is 1. The topological polar surface area (TPSA) is 127 Å². The molecule has 1 aromatic carbocycles. The monoisotopic (exact) mass is 473 g/mol. The lowest BCUT2D eigenvalue weighted by molar-refractivity contribution is 0.0977. The van der Waals surface area contributed by atoms with Gasteiger partial charge in [-0.15, -0.1) is 0 Å². The quantitative estimate of drug-likeness (QED) is 0.484. The Bertz CT molecular complexity index is 1240. The lowest BCUT2D eigenvalue weighted by Crippen LogP contribution is -2.42. The maximum absolute atomic E-state index is 13.5. The van der Waals surface area contributed by atoms with Gasteiger partial charge in [-0.1, -0.05) is 56.1 Å². The molecule has 3 N–H and O–H groups in total. The zero-order valence-corrected chi connectivity index (χ0v) is 19.7. The Morgan fingerprint density at radius 2 is 2.06 bits per heavy atom. The fourth-order valence-electron chi connectivity index (χ4n) is 3.37. The Kier molecular flexibility index (Phi) is 7.75. The lowest BCUT2D eigenvalue weighted by atomic mass is 10.1. The van der Waals surface area contributed by atoms with Gasteiger partial charge in [-0.3, -0.25) is 24.0 Å². The molecule has 0 atom stereocenters. The highest BCUT2D eigenvalue weighted by atomic mass is 35.5. The minimum atomic E-state index is -0.721. The van der Waals surface area contributed by atoms with Crippen LogP contribution in [0.5, 0.6) is 0 Å². The molecular formula is C23H28ClN5O4. The summed E-state index contributed by atoms with van der Waals surface area (Å²) < 4.78 is 6.65. The second kappa shape index (κ2) is 10.5. The molecule has 0 aliphatic carbocycles. The highest BCUT2D eigenvalue weighted by molar-refractivity contribution is 6.30. The number of aromatic nitrogens is 3. The molecule has 3 rings (SSSR count). The number of aromatic amines is 1. The van der Waals surface area contributed by atoms with E-state index in [1.54, 1.807) is 24.3 Å². The summed E-state index contributed by atoms with van der Waals surface area (Å²) in [5, 5.41) is 4.43. The van der Waals surface area contributed by atoms with Crippen molar-refractivity contribution < 1.29 is 9.32 Å². The van der Waals surface area contributed by atoms with E-state index in [2.05, 4.69) is 10.1 Å². The SMILES string of the molecule is CCCCn1c(N)c(N(CCC(C)C)C(=O)c2cc(-c3cccc(Cl)c3)on2)c(=O)[nH]c1=O. The van der Waals surface area contributed by atoms with Crippen LogP contribution in [0.2, 0.25) is 5.02 Å². The maximum Gasteiger partial charge on any atom is 0.330 e. The predicted octanol–water partition coefficient (Wildman–Crippen LogP) is 3.92. The largest absolute Gasteiger partial charge is 0.383 e. The molecular weight excluding hydrogens is 446 g/mol. The lowest BCUT2D eigenvalue weighted by Gasteiger charge is -2.24. The Morgan fingerprint density at radius 3 is 2.73 bits per heavy atom. The number of nitrogens with one attached hydrogen (secondary N) is 1. The van der Waals surface area contributed by atoms with E-state index in [1.165, 1.54) is 15.5 Å². The zero-order valence-electron chi connectivity index (χ0n) is 18.9. The number of nitrogens with two attached hydrogens (primary N) is 1. The van der Waals surface area contributed by atoms with Crippen molar-refractivity contribution in [3.05, 3.63) is 61.9 Å². The second-order valence-electron chi connectivity index (χ2n) is 8.22. The van der Waals surface area contributed by atoms with E-state index in [-0.39, 0.29) is 29.7 Å². The van der Waals surface area contributed by atoms with E-state index in [4.69, 9.17) is 21.9 Å². The third-order valence-corrected chi connectivity index (χ3v) is 5.47. The molecule has 0 bridgehead atoms.